The molecule has 3 rings (SSSR count). The second-order valence-corrected chi connectivity index (χ2v) is 10.1. The molecule has 40 heavy (non-hydrogen) atoms. The molecule has 218 valence electrons. The van der Waals surface area contributed by atoms with E-state index in [-0.39, 0.29) is 0 Å². The van der Waals surface area contributed by atoms with Crippen molar-refractivity contribution >= 4 is 35.4 Å². The number of carbonyl (C=O) groups excluding carboxylic acids is 2. The number of anilines is 1. The standard InChI is InChI=1S/C23H21ClF7N5O4/c1-20(2,3)40-19(38)35-18-36-21(4,8-13(39-18)23(29,30)31)16-12(25)5-6-14(33-16)34-17(37)15-11(24)7-10(9-32-15)22(26,27)28/h5-7,9,13H,8H2,1-4H3,(H,33,34,37)(H,35,36,38)/t13-,21-/m0/s1. The van der Waals surface area contributed by atoms with Gasteiger partial charge in [0, 0.05) is 12.6 Å². The second-order valence-electron chi connectivity index (χ2n) is 9.70. The minimum absolute atomic E-state index is 0.374. The number of hydrogen-bond donors (Lipinski definition) is 2. The lowest BCUT2D eigenvalue weighted by atomic mass is 9.89. The Labute approximate surface area is 227 Å². The molecule has 2 N–H and O–H groups in total. The van der Waals surface area contributed by atoms with Crippen LogP contribution in [0.1, 0.15) is 55.9 Å². The van der Waals surface area contributed by atoms with Crippen LogP contribution in [0.3, 0.4) is 0 Å². The number of alkyl halides is 6. The van der Waals surface area contributed by atoms with E-state index in [9.17, 15) is 40.3 Å². The molecule has 1 aliphatic heterocycles. The van der Waals surface area contributed by atoms with Crippen LogP contribution in [0.5, 0.6) is 0 Å². The Kier molecular flexibility index (Phi) is 8.26. The predicted molar refractivity (Wildman–Crippen MR) is 126 cm³/mol. The fourth-order valence-electron chi connectivity index (χ4n) is 3.44. The Morgan fingerprint density at radius 1 is 1.12 bits per heavy atom. The zero-order valence-electron chi connectivity index (χ0n) is 21.1. The smallest absolute Gasteiger partial charge is 0.425 e. The monoisotopic (exact) mass is 599 g/mol. The number of amides is 2. The van der Waals surface area contributed by atoms with Gasteiger partial charge in [0.1, 0.15) is 34.2 Å². The molecule has 0 aliphatic carbocycles. The lowest BCUT2D eigenvalue weighted by molar-refractivity contribution is -0.208. The van der Waals surface area contributed by atoms with Crippen LogP contribution >= 0.6 is 11.6 Å². The third-order valence-electron chi connectivity index (χ3n) is 5.14. The highest BCUT2D eigenvalue weighted by molar-refractivity contribution is 6.34. The average molecular weight is 600 g/mol. The number of rotatable bonds is 3. The molecule has 0 unspecified atom stereocenters. The molecule has 2 aromatic heterocycles. The molecular weight excluding hydrogens is 579 g/mol. The van der Waals surface area contributed by atoms with Crippen molar-refractivity contribution in [2.75, 3.05) is 5.32 Å². The number of alkyl carbamates (subject to hydrolysis) is 1. The van der Waals surface area contributed by atoms with Crippen LogP contribution in [0.2, 0.25) is 5.02 Å². The number of aromatic nitrogens is 2. The van der Waals surface area contributed by atoms with Gasteiger partial charge in [-0.25, -0.2) is 29.5 Å². The molecule has 1 aliphatic rings. The minimum atomic E-state index is -4.97. The Bertz CT molecular complexity index is 1340. The molecule has 0 aromatic carbocycles. The van der Waals surface area contributed by atoms with Crippen molar-refractivity contribution in [1.29, 1.82) is 0 Å². The number of aliphatic imine (C=N–C) groups is 1. The third-order valence-corrected chi connectivity index (χ3v) is 5.43. The van der Waals surface area contributed by atoms with E-state index in [1.807, 2.05) is 5.32 Å². The van der Waals surface area contributed by atoms with E-state index in [0.717, 1.165) is 19.1 Å². The first-order valence-corrected chi connectivity index (χ1v) is 11.6. The molecule has 0 bridgehead atoms. The van der Waals surface area contributed by atoms with Crippen molar-refractivity contribution in [3.05, 3.63) is 52.2 Å². The fraction of sp³-hybridized carbons (Fsp3) is 0.435. The minimum Gasteiger partial charge on any atom is -0.452 e. The highest BCUT2D eigenvalue weighted by Gasteiger charge is 2.51. The summed E-state index contributed by atoms with van der Waals surface area (Å²) in [6.45, 7) is 5.61. The van der Waals surface area contributed by atoms with Crippen molar-refractivity contribution in [3.63, 3.8) is 0 Å². The lowest BCUT2D eigenvalue weighted by Gasteiger charge is -2.36. The number of amidine groups is 1. The number of ether oxygens (including phenoxy) is 2. The van der Waals surface area contributed by atoms with E-state index in [0.29, 0.717) is 12.3 Å². The second kappa shape index (κ2) is 10.7. The highest BCUT2D eigenvalue weighted by atomic mass is 35.5. The van der Waals surface area contributed by atoms with E-state index in [4.69, 9.17) is 21.1 Å². The fourth-order valence-corrected chi connectivity index (χ4v) is 3.69. The third kappa shape index (κ3) is 7.49. The molecule has 2 aromatic rings. The molecule has 0 saturated heterocycles. The summed E-state index contributed by atoms with van der Waals surface area (Å²) in [5.74, 6) is -2.66. The average Bonchev–Trinajstić information content (AvgIpc) is 2.77. The van der Waals surface area contributed by atoms with Crippen LogP contribution in [-0.4, -0.2) is 45.9 Å². The van der Waals surface area contributed by atoms with Gasteiger partial charge in [-0.05, 0) is 45.9 Å². The van der Waals surface area contributed by atoms with Gasteiger partial charge in [-0.2, -0.15) is 26.3 Å². The van der Waals surface area contributed by atoms with Crippen LogP contribution in [0.4, 0.5) is 41.3 Å². The van der Waals surface area contributed by atoms with Crippen molar-refractivity contribution in [3.8, 4) is 0 Å². The van der Waals surface area contributed by atoms with Gasteiger partial charge in [0.15, 0.2) is 6.10 Å². The van der Waals surface area contributed by atoms with Gasteiger partial charge in [0.2, 0.25) is 0 Å². The quantitative estimate of drug-likeness (QED) is 0.419. The summed E-state index contributed by atoms with van der Waals surface area (Å²) in [4.78, 5) is 35.9. The molecule has 0 fully saturated rings. The van der Waals surface area contributed by atoms with Crippen LogP contribution in [-0.2, 0) is 21.2 Å². The largest absolute Gasteiger partial charge is 0.452 e. The highest BCUT2D eigenvalue weighted by Crippen LogP contribution is 2.40. The maximum Gasteiger partial charge on any atom is 0.425 e. The number of pyridine rings is 2. The molecular formula is C23H21ClF7N5O4. The number of carbonyl (C=O) groups is 2. The van der Waals surface area contributed by atoms with Gasteiger partial charge in [-0.15, -0.1) is 0 Å². The van der Waals surface area contributed by atoms with Gasteiger partial charge in [0.25, 0.3) is 11.9 Å². The van der Waals surface area contributed by atoms with Crippen molar-refractivity contribution in [2.45, 2.75) is 63.7 Å². The maximum absolute atomic E-state index is 14.9. The van der Waals surface area contributed by atoms with Gasteiger partial charge in [-0.3, -0.25) is 4.79 Å². The summed E-state index contributed by atoms with van der Waals surface area (Å²) < 4.78 is 104. The van der Waals surface area contributed by atoms with Crippen LogP contribution in [0.15, 0.2) is 29.4 Å². The first kappa shape index (κ1) is 30.8. The Morgan fingerprint density at radius 3 is 2.33 bits per heavy atom. The van der Waals surface area contributed by atoms with Gasteiger partial charge < -0.3 is 14.8 Å². The zero-order chi connectivity index (χ0) is 30.3. The topological polar surface area (TPSA) is 115 Å². The van der Waals surface area contributed by atoms with Gasteiger partial charge in [0.05, 0.1) is 10.6 Å². The van der Waals surface area contributed by atoms with E-state index in [1.165, 1.54) is 20.8 Å². The van der Waals surface area contributed by atoms with Gasteiger partial charge in [-0.1, -0.05) is 11.6 Å². The molecule has 17 heteroatoms. The molecule has 0 saturated carbocycles. The van der Waals surface area contributed by atoms with E-state index in [1.54, 1.807) is 0 Å². The molecule has 9 nitrogen and oxygen atoms in total. The maximum atomic E-state index is 14.9. The normalized spacial score (nSPS) is 19.8. The molecule has 0 radical (unpaired) electrons. The molecule has 2 amide bonds. The van der Waals surface area contributed by atoms with E-state index in [2.05, 4.69) is 20.3 Å². The number of hydrogen-bond acceptors (Lipinski definition) is 7. The van der Waals surface area contributed by atoms with Crippen LogP contribution < -0.4 is 10.6 Å². The molecule has 0 spiro atoms. The van der Waals surface area contributed by atoms with Gasteiger partial charge >= 0.3 is 18.4 Å². The summed E-state index contributed by atoms with van der Waals surface area (Å²) in [5, 5.41) is 3.46. The number of nitrogens with one attached hydrogen (secondary N) is 2. The Morgan fingerprint density at radius 2 is 1.77 bits per heavy atom. The number of nitrogens with zero attached hydrogens (tertiary/aromatic N) is 3. The first-order chi connectivity index (χ1) is 18.2. The molecule has 2 atom stereocenters. The van der Waals surface area contributed by atoms with E-state index < -0.39 is 87.6 Å². The lowest BCUT2D eigenvalue weighted by Crippen LogP contribution is -2.49. The summed E-state index contributed by atoms with van der Waals surface area (Å²) in [6.07, 6.45) is -14.1. The molecule has 3 heterocycles. The van der Waals surface area contributed by atoms with Crippen molar-refractivity contribution < 1.29 is 49.8 Å². The predicted octanol–water partition coefficient (Wildman–Crippen LogP) is 5.99. The van der Waals surface area contributed by atoms with Crippen LogP contribution in [0.25, 0.3) is 0 Å². The summed E-state index contributed by atoms with van der Waals surface area (Å²) in [5.41, 5.74) is -5.61. The zero-order valence-corrected chi connectivity index (χ0v) is 21.8. The Hall–Kier alpha value is -3.69. The summed E-state index contributed by atoms with van der Waals surface area (Å²) >= 11 is 5.77. The van der Waals surface area contributed by atoms with Crippen molar-refractivity contribution in [2.24, 2.45) is 4.99 Å². The van der Waals surface area contributed by atoms with E-state index >= 15 is 0 Å². The van der Waals surface area contributed by atoms with Crippen molar-refractivity contribution in [1.82, 2.24) is 15.3 Å². The Balaban J connectivity index is 1.95. The SMILES string of the molecule is CC(C)(C)OC(=O)NC1=N[C@](C)(c2nc(NC(=O)c3ncc(C(F)(F)F)cc3Cl)ccc2F)C[C@@H](C(F)(F)F)O1. The van der Waals surface area contributed by atoms with Crippen LogP contribution in [0, 0.1) is 5.82 Å². The summed E-state index contributed by atoms with van der Waals surface area (Å²) in [7, 11) is 0. The first-order valence-electron chi connectivity index (χ1n) is 11.2. The number of halogens is 8. The summed E-state index contributed by atoms with van der Waals surface area (Å²) in [6, 6.07) is 1.28.